The van der Waals surface area contributed by atoms with E-state index in [1.807, 2.05) is 24.3 Å². The van der Waals surface area contributed by atoms with E-state index in [9.17, 15) is 14.9 Å². The zero-order valence-corrected chi connectivity index (χ0v) is 26.7. The Morgan fingerprint density at radius 3 is 2.60 bits per heavy atom. The van der Waals surface area contributed by atoms with Crippen molar-refractivity contribution >= 4 is 17.7 Å². The predicted molar refractivity (Wildman–Crippen MR) is 170 cm³/mol. The fourth-order valence-electron chi connectivity index (χ4n) is 6.63. The predicted octanol–water partition coefficient (Wildman–Crippen LogP) is 7.38. The normalized spacial score (nSPS) is 20.5. The quantitative estimate of drug-likeness (QED) is 0.194. The third-order valence-electron chi connectivity index (χ3n) is 8.58. The van der Waals surface area contributed by atoms with E-state index in [2.05, 4.69) is 5.10 Å². The van der Waals surface area contributed by atoms with Gasteiger partial charge in [0, 0.05) is 52.9 Å². The molecule has 1 amide bonds. The Morgan fingerprint density at radius 1 is 1.15 bits per heavy atom. The molecule has 4 aromatic rings. The van der Waals surface area contributed by atoms with Crippen LogP contribution in [0.25, 0.3) is 11.1 Å². The number of carbonyl (C=O) groups is 1. The van der Waals surface area contributed by atoms with Crippen molar-refractivity contribution in [3.63, 3.8) is 0 Å². The molecule has 13 heteroatoms. The Labute approximate surface area is 283 Å². The topological polar surface area (TPSA) is 116 Å². The van der Waals surface area contributed by atoms with Crippen LogP contribution in [0.4, 0.5) is 13.6 Å². The highest BCUT2D eigenvalue weighted by Gasteiger charge is 2.54. The van der Waals surface area contributed by atoms with Crippen molar-refractivity contribution < 1.29 is 36.6 Å². The Hall–Kier alpha value is -5.15. The Balaban J connectivity index is 1.38. The maximum atomic E-state index is 16.8. The number of aromatic nitrogens is 2. The van der Waals surface area contributed by atoms with Crippen LogP contribution in [0.2, 0.25) is 5.02 Å². The zero-order chi connectivity index (χ0) is 36.6. The Morgan fingerprint density at radius 2 is 1.90 bits per heavy atom. The van der Waals surface area contributed by atoms with Crippen LogP contribution in [0.15, 0.2) is 53.5 Å². The first-order valence-electron chi connectivity index (χ1n) is 16.5. The lowest BCUT2D eigenvalue weighted by atomic mass is 9.79. The first kappa shape index (κ1) is 27.9. The summed E-state index contributed by atoms with van der Waals surface area (Å²) in [6.07, 6.45) is 1.46. The van der Waals surface area contributed by atoms with Gasteiger partial charge in [0.05, 0.1) is 22.8 Å². The molecule has 48 heavy (non-hydrogen) atoms. The molecule has 0 radical (unpaired) electrons. The smallest absolute Gasteiger partial charge is 0.410 e. The summed E-state index contributed by atoms with van der Waals surface area (Å²) in [4.78, 5) is 28.0. The lowest BCUT2D eigenvalue weighted by Crippen LogP contribution is -2.53. The van der Waals surface area contributed by atoms with Crippen LogP contribution in [-0.4, -0.2) is 39.0 Å². The van der Waals surface area contributed by atoms with E-state index in [-0.39, 0.29) is 39.3 Å². The number of halogens is 3. The molecule has 4 heterocycles. The van der Waals surface area contributed by atoms with Crippen LogP contribution in [0.1, 0.15) is 54.4 Å². The number of likely N-dealkylation sites (tertiary alicyclic amines) is 1. The molecule has 0 unspecified atom stereocenters. The van der Waals surface area contributed by atoms with Gasteiger partial charge < -0.3 is 23.8 Å². The number of hydrogen-bond acceptors (Lipinski definition) is 8. The minimum Gasteiger partial charge on any atom is -0.480 e. The molecule has 7 rings (SSSR count). The number of amides is 1. The SMILES string of the molecule is [2H]C([2H])([2H])n1ncc2c(c1=O)Oc1cc(C#N)c(-c3c(Cl)c(F)cc4c3C[C@](c3ccccc3)([C@@H]3CCCN3C(=O)OC(C)(C)C)O4)c(F)c1O2. The molecule has 1 fully saturated rings. The molecule has 0 aliphatic carbocycles. The lowest BCUT2D eigenvalue weighted by molar-refractivity contribution is -0.0216. The second-order valence-electron chi connectivity index (χ2n) is 12.7. The van der Waals surface area contributed by atoms with Gasteiger partial charge in [-0.2, -0.15) is 10.4 Å². The number of hydrogen-bond donors (Lipinski definition) is 0. The van der Waals surface area contributed by atoms with Crippen molar-refractivity contribution in [3.05, 3.63) is 92.4 Å². The molecule has 3 aromatic carbocycles. The van der Waals surface area contributed by atoms with Crippen LogP contribution in [0, 0.1) is 23.0 Å². The molecule has 0 saturated carbocycles. The van der Waals surface area contributed by atoms with E-state index in [4.69, 9.17) is 34.7 Å². The molecule has 1 aromatic heterocycles. The van der Waals surface area contributed by atoms with Gasteiger partial charge >= 0.3 is 11.7 Å². The fraction of sp³-hybridized carbons (Fsp3) is 0.314. The van der Waals surface area contributed by atoms with E-state index in [0.29, 0.717) is 24.9 Å². The highest BCUT2D eigenvalue weighted by Crippen LogP contribution is 2.55. The number of rotatable bonds is 3. The summed E-state index contributed by atoms with van der Waals surface area (Å²) in [6, 6.07) is 12.6. The maximum Gasteiger partial charge on any atom is 0.410 e. The highest BCUT2D eigenvalue weighted by molar-refractivity contribution is 6.34. The monoisotopic (exact) mass is 677 g/mol. The number of carbonyl (C=O) groups excluding carboxylic acids is 1. The van der Waals surface area contributed by atoms with Crippen molar-refractivity contribution in [1.82, 2.24) is 14.7 Å². The average Bonchev–Trinajstić information content (AvgIpc) is 3.71. The molecular formula is C35H29ClF2N4O6. The minimum atomic E-state index is -2.95. The Bertz CT molecular complexity index is 2220. The van der Waals surface area contributed by atoms with Gasteiger partial charge in [-0.15, -0.1) is 0 Å². The van der Waals surface area contributed by atoms with Gasteiger partial charge in [0.2, 0.25) is 11.5 Å². The van der Waals surface area contributed by atoms with Gasteiger partial charge in [-0.05, 0) is 39.2 Å². The van der Waals surface area contributed by atoms with Crippen molar-refractivity contribution in [1.29, 1.82) is 5.26 Å². The summed E-state index contributed by atoms with van der Waals surface area (Å²) in [7, 11) is 0. The molecule has 10 nitrogen and oxygen atoms in total. The standard InChI is InChI=1S/C35H29ClF2N4O6/c1-34(2,3)48-33(44)42-12-8-11-25(42)35(19-9-6-5-7-10-19)15-20-22(47-35)14-21(37)28(36)27(20)26-18(16-39)13-23-30(29(26)38)46-24-17-40-41(4)32(43)31(24)45-23/h5-7,9-10,13-14,17,25H,8,11-12,15H2,1-4H3/t25-,35-/m0/s1/i4D3. The molecule has 2 atom stereocenters. The summed E-state index contributed by atoms with van der Waals surface area (Å²) in [5.74, 6) is -4.03. The van der Waals surface area contributed by atoms with E-state index in [1.54, 1.807) is 37.8 Å². The summed E-state index contributed by atoms with van der Waals surface area (Å²) in [5.41, 5.74) is -3.26. The van der Waals surface area contributed by atoms with Crippen LogP contribution in [0.5, 0.6) is 28.7 Å². The molecule has 3 aliphatic rings. The van der Waals surface area contributed by atoms with Crippen molar-refractivity contribution in [2.24, 2.45) is 6.98 Å². The summed E-state index contributed by atoms with van der Waals surface area (Å²) >= 11 is 6.64. The molecule has 3 aliphatic heterocycles. The molecular weight excluding hydrogens is 646 g/mol. The van der Waals surface area contributed by atoms with E-state index < -0.39 is 75.3 Å². The third kappa shape index (κ3) is 4.92. The van der Waals surface area contributed by atoms with Gasteiger partial charge in [0.1, 0.15) is 23.2 Å². The molecule has 246 valence electrons. The molecule has 1 saturated heterocycles. The summed E-state index contributed by atoms with van der Waals surface area (Å²) in [6.45, 7) is 2.71. The number of fused-ring (bicyclic) bond motifs is 3. The van der Waals surface area contributed by atoms with Crippen LogP contribution in [-0.2, 0) is 23.7 Å². The summed E-state index contributed by atoms with van der Waals surface area (Å²) in [5, 5.41) is 13.4. The molecule has 0 N–H and O–H groups in total. The fourth-order valence-corrected chi connectivity index (χ4v) is 6.90. The zero-order valence-electron chi connectivity index (χ0n) is 28.9. The summed E-state index contributed by atoms with van der Waals surface area (Å²) < 4.78 is 79.2. The van der Waals surface area contributed by atoms with Gasteiger partial charge in [0.25, 0.3) is 0 Å². The van der Waals surface area contributed by atoms with E-state index in [1.165, 1.54) is 0 Å². The van der Waals surface area contributed by atoms with Crippen molar-refractivity contribution in [2.75, 3.05) is 6.54 Å². The molecule has 0 spiro atoms. The Kier molecular flexibility index (Phi) is 6.53. The van der Waals surface area contributed by atoms with Crippen molar-refractivity contribution in [3.8, 4) is 45.9 Å². The first-order valence-corrected chi connectivity index (χ1v) is 15.4. The van der Waals surface area contributed by atoms with E-state index in [0.717, 1.165) is 18.3 Å². The second-order valence-corrected chi connectivity index (χ2v) is 13.1. The van der Waals surface area contributed by atoms with Crippen LogP contribution >= 0.6 is 11.6 Å². The lowest BCUT2D eigenvalue weighted by Gasteiger charge is -2.40. The number of benzene rings is 3. The van der Waals surface area contributed by atoms with E-state index >= 15 is 8.78 Å². The van der Waals surface area contributed by atoms with Crippen LogP contribution < -0.4 is 19.8 Å². The minimum absolute atomic E-state index is 0.00812. The van der Waals surface area contributed by atoms with Gasteiger partial charge in [-0.1, -0.05) is 41.9 Å². The van der Waals surface area contributed by atoms with Crippen molar-refractivity contribution in [2.45, 2.75) is 57.3 Å². The average molecular weight is 678 g/mol. The largest absolute Gasteiger partial charge is 0.480 e. The van der Waals surface area contributed by atoms with Gasteiger partial charge in [0.15, 0.2) is 22.9 Å². The van der Waals surface area contributed by atoms with Gasteiger partial charge in [-0.3, -0.25) is 4.79 Å². The number of nitriles is 1. The highest BCUT2D eigenvalue weighted by atomic mass is 35.5. The van der Waals surface area contributed by atoms with Gasteiger partial charge in [-0.25, -0.2) is 18.3 Å². The first-order chi connectivity index (χ1) is 24.0. The number of nitrogens with zero attached hydrogens (tertiary/aromatic N) is 4. The second kappa shape index (κ2) is 11.2. The maximum absolute atomic E-state index is 16.8. The number of ether oxygens (including phenoxy) is 4. The third-order valence-corrected chi connectivity index (χ3v) is 8.95. The van der Waals surface area contributed by atoms with Crippen LogP contribution in [0.3, 0.4) is 0 Å². The number of aryl methyl sites for hydroxylation is 1. The molecule has 0 bridgehead atoms.